The molecule has 0 saturated carbocycles. The summed E-state index contributed by atoms with van der Waals surface area (Å²) in [6.07, 6.45) is 6.27. The maximum atomic E-state index is 13.0. The van der Waals surface area contributed by atoms with Crippen LogP contribution in [0, 0.1) is 11.8 Å². The number of hydrogen-bond donors (Lipinski definition) is 10. The fourth-order valence-electron chi connectivity index (χ4n) is 13.8. The molecule has 4 aliphatic rings. The maximum Gasteiger partial charge on any atom is 1.00 e. The minimum atomic E-state index is -5.19. The number of nitrogens with zero attached hydrogens (tertiary/aromatic N) is 6. The SMILES string of the molecule is CC1(C)CC(Nc2nc(Nc3ccc(C#Cc4ccc(Nc5nc(NC6CC(C)(C)NC(C)(C)C6)nc(NC6CC(C)(C)NC(C)(C)C6)n5)cc4S(=O)(=O)[O-])c(S(=O)(=O)[O-])c3)nc(NC3CC(C)(C)NC(C)(C)C3)n2)CC(C)(C)N1.[Na+].[Na+]. The summed E-state index contributed by atoms with van der Waals surface area (Å²) in [4.78, 5) is 27.1. The molecule has 26 heteroatoms. The third-order valence-corrected chi connectivity index (χ3v) is 16.5. The van der Waals surface area contributed by atoms with Crippen molar-refractivity contribution in [3.05, 3.63) is 47.5 Å². The molecule has 8 rings (SSSR count). The molecule has 4 fully saturated rings. The van der Waals surface area contributed by atoms with E-state index < -0.39 is 30.0 Å². The van der Waals surface area contributed by atoms with Gasteiger partial charge in [0.1, 0.15) is 20.2 Å². The molecule has 4 aromatic rings. The van der Waals surface area contributed by atoms with E-state index in [-0.39, 0.29) is 162 Å². The molecule has 22 nitrogen and oxygen atoms in total. The number of nitrogens with one attached hydrogen (secondary N) is 10. The average Bonchev–Trinajstić information content (AvgIpc) is 3.21. The molecule has 2 aromatic carbocycles. The summed E-state index contributed by atoms with van der Waals surface area (Å²) in [5, 5.41) is 35.1. The Morgan fingerprint density at radius 1 is 0.390 bits per heavy atom. The van der Waals surface area contributed by atoms with Crippen molar-refractivity contribution in [2.24, 2.45) is 0 Å². The first-order chi connectivity index (χ1) is 36.5. The summed E-state index contributed by atoms with van der Waals surface area (Å²) in [5.74, 6) is 6.68. The second-order valence-electron chi connectivity index (χ2n) is 28.0. The van der Waals surface area contributed by atoms with E-state index in [0.717, 1.165) is 63.5 Å². The summed E-state index contributed by atoms with van der Waals surface area (Å²) < 4.78 is 77.7. The molecule has 0 unspecified atom stereocenters. The number of rotatable bonds is 14. The van der Waals surface area contributed by atoms with Crippen LogP contribution in [0.4, 0.5) is 47.1 Å². The normalized spacial score (nSPS) is 21.9. The Morgan fingerprint density at radius 3 is 0.805 bits per heavy atom. The van der Waals surface area contributed by atoms with Crippen molar-refractivity contribution >= 4 is 67.3 Å². The van der Waals surface area contributed by atoms with E-state index in [9.17, 15) is 25.9 Å². The topological polar surface area (TPSA) is 312 Å². The molecule has 0 radical (unpaired) electrons. The molecule has 0 atom stereocenters. The van der Waals surface area contributed by atoms with Crippen LogP contribution >= 0.6 is 0 Å². The van der Waals surface area contributed by atoms with Gasteiger partial charge in [-0.05, 0) is 199 Å². The van der Waals surface area contributed by atoms with Crippen molar-refractivity contribution in [1.82, 2.24) is 51.2 Å². The van der Waals surface area contributed by atoms with Gasteiger partial charge in [0.15, 0.2) is 0 Å². The van der Waals surface area contributed by atoms with Crippen LogP contribution in [0.3, 0.4) is 0 Å². The first kappa shape index (κ1) is 67.6. The van der Waals surface area contributed by atoms with Gasteiger partial charge in [0.25, 0.3) is 0 Å². The molecule has 438 valence electrons. The van der Waals surface area contributed by atoms with Crippen molar-refractivity contribution in [3.63, 3.8) is 0 Å². The Hall–Kier alpha value is -3.52. The Kier molecular flexibility index (Phi) is 20.1. The molecular formula is C56H84N16Na2O6S2. The zero-order valence-electron chi connectivity index (χ0n) is 51.4. The average molecular weight is 1190 g/mol. The second kappa shape index (κ2) is 24.3. The third-order valence-electron chi connectivity index (χ3n) is 14.7. The van der Waals surface area contributed by atoms with Crippen LogP contribution in [0.2, 0.25) is 0 Å². The molecule has 4 saturated heterocycles. The van der Waals surface area contributed by atoms with Gasteiger partial charge in [0.2, 0.25) is 35.7 Å². The van der Waals surface area contributed by atoms with Crippen molar-refractivity contribution < 1.29 is 85.1 Å². The number of aromatic nitrogens is 6. The van der Waals surface area contributed by atoms with E-state index in [4.69, 9.17) is 29.9 Å². The number of benzene rings is 2. The fraction of sp³-hybridized carbons (Fsp3) is 0.643. The van der Waals surface area contributed by atoms with Gasteiger partial charge in [0.05, 0.1) is 9.79 Å². The number of piperidine rings is 4. The van der Waals surface area contributed by atoms with Crippen LogP contribution in [0.5, 0.6) is 0 Å². The zero-order valence-corrected chi connectivity index (χ0v) is 57.0. The molecule has 6 heterocycles. The minimum Gasteiger partial charge on any atom is -0.744 e. The monoisotopic (exact) mass is 1190 g/mol. The predicted molar refractivity (Wildman–Crippen MR) is 313 cm³/mol. The smallest absolute Gasteiger partial charge is 0.744 e. The predicted octanol–water partition coefficient (Wildman–Crippen LogP) is 1.64. The van der Waals surface area contributed by atoms with Crippen LogP contribution in [-0.4, -0.2) is 124 Å². The number of anilines is 8. The summed E-state index contributed by atoms with van der Waals surface area (Å²) in [6, 6.07) is 7.85. The Labute approximate surface area is 530 Å². The molecule has 0 aliphatic carbocycles. The van der Waals surface area contributed by atoms with E-state index in [1.165, 1.54) is 24.3 Å². The molecular weight excluding hydrogens is 1100 g/mol. The molecule has 0 amide bonds. The molecule has 10 N–H and O–H groups in total. The van der Waals surface area contributed by atoms with Gasteiger partial charge >= 0.3 is 59.1 Å². The van der Waals surface area contributed by atoms with Gasteiger partial charge in [-0.3, -0.25) is 0 Å². The molecule has 0 spiro atoms. The van der Waals surface area contributed by atoms with Gasteiger partial charge in [-0.25, -0.2) is 16.8 Å². The Morgan fingerprint density at radius 2 is 0.598 bits per heavy atom. The van der Waals surface area contributed by atoms with Crippen LogP contribution in [0.1, 0.15) is 173 Å². The summed E-state index contributed by atoms with van der Waals surface area (Å²) in [5.41, 5.74) is -1.57. The van der Waals surface area contributed by atoms with Crippen LogP contribution in [0.15, 0.2) is 46.2 Å². The minimum absolute atomic E-state index is 0. The summed E-state index contributed by atoms with van der Waals surface area (Å²) in [7, 11) is -10.4. The largest absolute Gasteiger partial charge is 1.00 e. The van der Waals surface area contributed by atoms with Crippen LogP contribution in [-0.2, 0) is 20.2 Å². The molecule has 4 aliphatic heterocycles. The summed E-state index contributed by atoms with van der Waals surface area (Å²) >= 11 is 0. The van der Waals surface area contributed by atoms with Crippen molar-refractivity contribution in [2.45, 2.75) is 240 Å². The standard InChI is InChI=1S/C56H86N16O6S2.2Na/c1-49(2)25-37(26-50(3,4)69-49)59-45-63-43(64-46(67-45)60-38-27-51(5,6)70-52(7,8)28-38)57-35-21-19-33(41(23-35)79(73,74)75)17-18-34-20-22-36(24-42(34)80(76,77)78)58-44-65-47(61-39-29-53(9,10)71-54(11,12)30-39)68-48(66-44)62-40-31-55(13,14)72-56(15,16)32-40;;/h19-24,37-40,69-72H,25-32H2,1-16H3,(H,73,74,75)(H,76,77,78)(H3,57,59,60,63,64,67)(H3,58,61,62,65,66,68);;/q;2*+1/p-2. The molecule has 2 aromatic heterocycles. The molecule has 0 bridgehead atoms. The first-order valence-corrected chi connectivity index (χ1v) is 30.4. The van der Waals surface area contributed by atoms with Crippen molar-refractivity contribution in [1.29, 1.82) is 0 Å². The van der Waals surface area contributed by atoms with Crippen molar-refractivity contribution in [3.8, 4) is 11.8 Å². The first-order valence-electron chi connectivity index (χ1n) is 27.6. The Balaban J connectivity index is 0.00000541. The fourth-order valence-corrected chi connectivity index (χ4v) is 15.1. The second-order valence-corrected chi connectivity index (χ2v) is 30.7. The quantitative estimate of drug-likeness (QED) is 0.0488. The zero-order chi connectivity index (χ0) is 58.9. The van der Waals surface area contributed by atoms with Gasteiger partial charge in [0, 0.05) is 91.0 Å². The van der Waals surface area contributed by atoms with E-state index in [1.54, 1.807) is 0 Å². The number of hydrogen-bond acceptors (Lipinski definition) is 22. The van der Waals surface area contributed by atoms with E-state index in [2.05, 4.69) is 176 Å². The van der Waals surface area contributed by atoms with Crippen molar-refractivity contribution in [2.75, 3.05) is 31.9 Å². The Bertz CT molecular complexity index is 2900. The third kappa shape index (κ3) is 19.0. The van der Waals surface area contributed by atoms with Crippen LogP contribution < -0.4 is 112 Å². The molecule has 82 heavy (non-hydrogen) atoms. The maximum absolute atomic E-state index is 13.0. The van der Waals surface area contributed by atoms with Gasteiger partial charge in [-0.15, -0.1) is 0 Å². The van der Waals surface area contributed by atoms with E-state index in [0.29, 0.717) is 23.8 Å². The van der Waals surface area contributed by atoms with Gasteiger partial charge < -0.3 is 62.3 Å². The van der Waals surface area contributed by atoms with E-state index in [1.807, 2.05) is 0 Å². The van der Waals surface area contributed by atoms with Gasteiger partial charge in [-0.1, -0.05) is 11.8 Å². The van der Waals surface area contributed by atoms with Gasteiger partial charge in [-0.2, -0.15) is 29.9 Å². The van der Waals surface area contributed by atoms with E-state index >= 15 is 0 Å². The summed E-state index contributed by atoms with van der Waals surface area (Å²) in [6.45, 7) is 34.4. The van der Waals surface area contributed by atoms with Crippen LogP contribution in [0.25, 0.3) is 0 Å².